The van der Waals surface area contributed by atoms with Crippen LogP contribution in [0.4, 0.5) is 0 Å². The number of carbonyl (C=O) groups is 1. The Morgan fingerprint density at radius 1 is 1.35 bits per heavy atom. The quantitative estimate of drug-likeness (QED) is 0.828. The number of hydrogen-bond donors (Lipinski definition) is 2. The van der Waals surface area contributed by atoms with Crippen molar-refractivity contribution in [3.63, 3.8) is 0 Å². The third-order valence-electron chi connectivity index (χ3n) is 3.03. The predicted octanol–water partition coefficient (Wildman–Crippen LogP) is 1.23. The van der Waals surface area contributed by atoms with Crippen molar-refractivity contribution in [2.45, 2.75) is 27.3 Å². The van der Waals surface area contributed by atoms with Gasteiger partial charge in [0.05, 0.1) is 7.11 Å². The van der Waals surface area contributed by atoms with E-state index in [1.54, 1.807) is 7.11 Å². The van der Waals surface area contributed by atoms with Gasteiger partial charge in [-0.05, 0) is 49.1 Å². The second kappa shape index (κ2) is 5.68. The van der Waals surface area contributed by atoms with Gasteiger partial charge < -0.3 is 15.2 Å². The molecular formula is C13H19NO3. The predicted molar refractivity (Wildman–Crippen MR) is 66.1 cm³/mol. The molecule has 1 aromatic carbocycles. The van der Waals surface area contributed by atoms with Gasteiger partial charge in [-0.25, -0.2) is 0 Å². The van der Waals surface area contributed by atoms with E-state index in [1.807, 2.05) is 26.8 Å². The molecule has 0 radical (unpaired) electrons. The van der Waals surface area contributed by atoms with Crippen molar-refractivity contribution in [3.05, 3.63) is 28.3 Å². The number of aliphatic hydroxyl groups excluding tert-OH is 1. The van der Waals surface area contributed by atoms with Crippen LogP contribution in [0.15, 0.2) is 6.07 Å². The van der Waals surface area contributed by atoms with Crippen molar-refractivity contribution < 1.29 is 14.6 Å². The number of methoxy groups -OCH3 is 1. The van der Waals surface area contributed by atoms with Gasteiger partial charge in [0.15, 0.2) is 0 Å². The molecule has 0 atom stereocenters. The summed E-state index contributed by atoms with van der Waals surface area (Å²) < 4.78 is 5.28. The largest absolute Gasteiger partial charge is 0.496 e. The molecule has 0 saturated heterocycles. The summed E-state index contributed by atoms with van der Waals surface area (Å²) in [6.07, 6.45) is 0. The molecule has 0 aliphatic carbocycles. The molecule has 0 aliphatic rings. The Balaban J connectivity index is 3.00. The van der Waals surface area contributed by atoms with E-state index in [-0.39, 0.29) is 5.91 Å². The Hall–Kier alpha value is -1.55. The summed E-state index contributed by atoms with van der Waals surface area (Å²) in [5.41, 5.74) is 4.33. The highest BCUT2D eigenvalue weighted by molar-refractivity contribution is 5.76. The maximum atomic E-state index is 11.0. The summed E-state index contributed by atoms with van der Waals surface area (Å²) in [6.45, 7) is 5.93. The first-order valence-corrected chi connectivity index (χ1v) is 5.52. The molecule has 0 spiro atoms. The van der Waals surface area contributed by atoms with Crippen LogP contribution in [0, 0.1) is 20.8 Å². The fourth-order valence-corrected chi connectivity index (χ4v) is 1.83. The highest BCUT2D eigenvalue weighted by atomic mass is 16.5. The van der Waals surface area contributed by atoms with Gasteiger partial charge in [0.1, 0.15) is 12.4 Å². The second-order valence-electron chi connectivity index (χ2n) is 4.06. The van der Waals surface area contributed by atoms with Crippen LogP contribution in [-0.4, -0.2) is 24.7 Å². The minimum atomic E-state index is -0.479. The van der Waals surface area contributed by atoms with Crippen molar-refractivity contribution in [1.29, 1.82) is 0 Å². The lowest BCUT2D eigenvalue weighted by Gasteiger charge is -2.16. The summed E-state index contributed by atoms with van der Waals surface area (Å²) in [5, 5.41) is 11.3. The van der Waals surface area contributed by atoms with Crippen LogP contribution in [0.1, 0.15) is 22.3 Å². The first-order valence-electron chi connectivity index (χ1n) is 5.52. The molecule has 94 valence electrons. The number of rotatable bonds is 4. The molecular weight excluding hydrogens is 218 g/mol. The Morgan fingerprint density at radius 2 is 2.00 bits per heavy atom. The number of ether oxygens (including phenoxy) is 1. The zero-order valence-electron chi connectivity index (χ0n) is 10.8. The van der Waals surface area contributed by atoms with E-state index in [0.29, 0.717) is 6.54 Å². The van der Waals surface area contributed by atoms with Crippen LogP contribution >= 0.6 is 0 Å². The molecule has 1 amide bonds. The average molecular weight is 237 g/mol. The molecule has 0 bridgehead atoms. The van der Waals surface area contributed by atoms with Crippen molar-refractivity contribution in [2.24, 2.45) is 0 Å². The van der Waals surface area contributed by atoms with Crippen molar-refractivity contribution >= 4 is 5.91 Å². The van der Waals surface area contributed by atoms with Gasteiger partial charge in [-0.15, -0.1) is 0 Å². The van der Waals surface area contributed by atoms with Gasteiger partial charge in [0.25, 0.3) is 0 Å². The van der Waals surface area contributed by atoms with Crippen LogP contribution in [-0.2, 0) is 11.3 Å². The van der Waals surface area contributed by atoms with Gasteiger partial charge in [-0.1, -0.05) is 0 Å². The maximum absolute atomic E-state index is 11.0. The Morgan fingerprint density at radius 3 is 2.53 bits per heavy atom. The Bertz CT molecular complexity index is 427. The van der Waals surface area contributed by atoms with E-state index in [9.17, 15) is 4.79 Å². The molecule has 4 nitrogen and oxygen atoms in total. The number of aryl methyl sites for hydroxylation is 1. The molecule has 17 heavy (non-hydrogen) atoms. The molecule has 4 heteroatoms. The number of hydrogen-bond acceptors (Lipinski definition) is 3. The standard InChI is InChI=1S/C13H19NO3/c1-8-5-12(17-4)10(3)9(2)11(8)6-14-13(16)7-15/h5,15H,6-7H2,1-4H3,(H,14,16). The zero-order chi connectivity index (χ0) is 13.0. The Kier molecular flexibility index (Phi) is 4.52. The minimum absolute atomic E-state index is 0.364. The lowest BCUT2D eigenvalue weighted by atomic mass is 9.97. The van der Waals surface area contributed by atoms with Crippen LogP contribution in [0.25, 0.3) is 0 Å². The molecule has 0 unspecified atom stereocenters. The highest BCUT2D eigenvalue weighted by Crippen LogP contribution is 2.27. The molecule has 0 fully saturated rings. The topological polar surface area (TPSA) is 58.6 Å². The summed E-state index contributed by atoms with van der Waals surface area (Å²) in [7, 11) is 1.65. The van der Waals surface area contributed by atoms with Crippen LogP contribution in [0.5, 0.6) is 5.75 Å². The first-order chi connectivity index (χ1) is 8.01. The van der Waals surface area contributed by atoms with Crippen LogP contribution in [0.3, 0.4) is 0 Å². The summed E-state index contributed by atoms with van der Waals surface area (Å²) in [6, 6.07) is 1.96. The number of amides is 1. The van der Waals surface area contributed by atoms with Crippen LogP contribution in [0.2, 0.25) is 0 Å². The van der Waals surface area contributed by atoms with E-state index in [1.165, 1.54) is 0 Å². The summed E-state index contributed by atoms with van der Waals surface area (Å²) in [4.78, 5) is 11.0. The smallest absolute Gasteiger partial charge is 0.245 e. The summed E-state index contributed by atoms with van der Waals surface area (Å²) >= 11 is 0. The third kappa shape index (κ3) is 2.97. The second-order valence-corrected chi connectivity index (χ2v) is 4.06. The van der Waals surface area contributed by atoms with Gasteiger partial charge in [-0.3, -0.25) is 4.79 Å². The SMILES string of the molecule is COc1cc(C)c(CNC(=O)CO)c(C)c1C. The number of carbonyl (C=O) groups excluding carboxylic acids is 1. The lowest BCUT2D eigenvalue weighted by Crippen LogP contribution is -2.26. The number of nitrogens with one attached hydrogen (secondary N) is 1. The van der Waals surface area contributed by atoms with Gasteiger partial charge in [0.2, 0.25) is 5.91 Å². The van der Waals surface area contributed by atoms with Gasteiger partial charge in [0, 0.05) is 6.54 Å². The van der Waals surface area contributed by atoms with Crippen LogP contribution < -0.4 is 10.1 Å². The van der Waals surface area contributed by atoms with Gasteiger partial charge in [-0.2, -0.15) is 0 Å². The molecule has 2 N–H and O–H groups in total. The molecule has 0 heterocycles. The molecule has 1 rings (SSSR count). The van der Waals surface area contributed by atoms with E-state index < -0.39 is 6.61 Å². The van der Waals surface area contributed by atoms with E-state index in [2.05, 4.69) is 5.32 Å². The molecule has 0 saturated carbocycles. The minimum Gasteiger partial charge on any atom is -0.496 e. The van der Waals surface area contributed by atoms with Crippen molar-refractivity contribution in [3.8, 4) is 5.75 Å². The lowest BCUT2D eigenvalue weighted by molar-refractivity contribution is -0.123. The monoisotopic (exact) mass is 237 g/mol. The van der Waals surface area contributed by atoms with E-state index in [4.69, 9.17) is 9.84 Å². The average Bonchev–Trinajstić information content (AvgIpc) is 2.33. The molecule has 0 aromatic heterocycles. The third-order valence-corrected chi connectivity index (χ3v) is 3.03. The normalized spacial score (nSPS) is 10.2. The van der Waals surface area contributed by atoms with E-state index >= 15 is 0 Å². The summed E-state index contributed by atoms with van der Waals surface area (Å²) in [5.74, 6) is 0.495. The van der Waals surface area contributed by atoms with Crippen molar-refractivity contribution in [1.82, 2.24) is 5.32 Å². The first kappa shape index (κ1) is 13.5. The maximum Gasteiger partial charge on any atom is 0.245 e. The highest BCUT2D eigenvalue weighted by Gasteiger charge is 2.11. The Labute approximate surface area is 102 Å². The molecule has 0 aliphatic heterocycles. The number of aliphatic hydroxyl groups is 1. The van der Waals surface area contributed by atoms with E-state index in [0.717, 1.165) is 28.0 Å². The van der Waals surface area contributed by atoms with Gasteiger partial charge >= 0.3 is 0 Å². The fourth-order valence-electron chi connectivity index (χ4n) is 1.83. The fraction of sp³-hybridized carbons (Fsp3) is 0.462. The van der Waals surface area contributed by atoms with Crippen molar-refractivity contribution in [2.75, 3.05) is 13.7 Å². The number of benzene rings is 1. The molecule has 1 aromatic rings. The zero-order valence-corrected chi connectivity index (χ0v) is 10.8.